The van der Waals surface area contributed by atoms with Gasteiger partial charge >= 0.3 is 0 Å². The van der Waals surface area contributed by atoms with Crippen LogP contribution in [0.1, 0.15) is 0 Å². The Labute approximate surface area is 106 Å². The van der Waals surface area contributed by atoms with Crippen molar-refractivity contribution in [3.8, 4) is 0 Å². The molecule has 80 valence electrons. The maximum atomic E-state index is 2.40. The van der Waals surface area contributed by atoms with Crippen molar-refractivity contribution in [2.24, 2.45) is 0 Å². The first-order valence-electron chi connectivity index (χ1n) is 4.47. The Kier molecular flexibility index (Phi) is 6.12. The summed E-state index contributed by atoms with van der Waals surface area (Å²) in [7, 11) is 14.9. The zero-order chi connectivity index (χ0) is 11.4. The minimum absolute atomic E-state index is 0.793. The molecular formula is C5H15N5Si5. The first-order chi connectivity index (χ1) is 6.97. The van der Waals surface area contributed by atoms with Crippen LogP contribution in [0.4, 0.5) is 0 Å². The maximum Gasteiger partial charge on any atom is 0.237 e. The first-order valence-corrected chi connectivity index (χ1v) is 8.94. The van der Waals surface area contributed by atoms with E-state index in [-0.39, 0.29) is 0 Å². The second kappa shape index (κ2) is 6.58. The summed E-state index contributed by atoms with van der Waals surface area (Å²) >= 11 is 0. The molecule has 1 rings (SSSR count). The van der Waals surface area contributed by atoms with Gasteiger partial charge in [0.05, 0.1) is 0 Å². The molecule has 0 aliphatic carbocycles. The highest BCUT2D eigenvalue weighted by molar-refractivity contribution is 6.64. The van der Waals surface area contributed by atoms with E-state index in [0.29, 0.717) is 0 Å². The van der Waals surface area contributed by atoms with E-state index in [1.54, 1.807) is 0 Å². The molecule has 10 radical (unpaired) electrons. The van der Waals surface area contributed by atoms with Gasteiger partial charge < -0.3 is 21.2 Å². The van der Waals surface area contributed by atoms with Crippen molar-refractivity contribution in [1.29, 1.82) is 0 Å². The van der Waals surface area contributed by atoms with Crippen LogP contribution in [0.3, 0.4) is 0 Å². The summed E-state index contributed by atoms with van der Waals surface area (Å²) in [6.07, 6.45) is 0. The number of nitrogens with zero attached hydrogens (tertiary/aromatic N) is 5. The Bertz CT molecular complexity index is 140. The molecule has 0 atom stereocenters. The summed E-state index contributed by atoms with van der Waals surface area (Å²) in [4.78, 5) is 0. The van der Waals surface area contributed by atoms with E-state index < -0.39 is 0 Å². The predicted molar refractivity (Wildman–Crippen MR) is 67.6 cm³/mol. The zero-order valence-corrected chi connectivity index (χ0v) is 14.7. The van der Waals surface area contributed by atoms with Crippen LogP contribution in [0.25, 0.3) is 0 Å². The predicted octanol–water partition coefficient (Wildman–Crippen LogP) is -2.67. The SMILES string of the molecule is CN1[Si]N(C)[Si]N(C)[Si]N(C)[Si]N(C)[Si]1. The highest BCUT2D eigenvalue weighted by Gasteiger charge is 2.19. The lowest BCUT2D eigenvalue weighted by Crippen LogP contribution is -2.57. The topological polar surface area (TPSA) is 16.2 Å². The van der Waals surface area contributed by atoms with Crippen molar-refractivity contribution in [1.82, 2.24) is 21.2 Å². The van der Waals surface area contributed by atoms with Gasteiger partial charge in [-0.15, -0.1) is 0 Å². The molecule has 0 aromatic rings. The second-order valence-corrected chi connectivity index (χ2v) is 13.2. The summed E-state index contributed by atoms with van der Waals surface area (Å²) in [5, 5.41) is 0. The molecule has 0 unspecified atom stereocenters. The van der Waals surface area contributed by atoms with Crippen molar-refractivity contribution in [2.45, 2.75) is 0 Å². The minimum atomic E-state index is 0.793. The number of hydrogen-bond acceptors (Lipinski definition) is 5. The summed E-state index contributed by atoms with van der Waals surface area (Å²) < 4.78 is 12.0. The van der Waals surface area contributed by atoms with Crippen molar-refractivity contribution in [3.63, 3.8) is 0 Å². The molecule has 1 aliphatic rings. The van der Waals surface area contributed by atoms with E-state index in [1.165, 1.54) is 0 Å². The van der Waals surface area contributed by atoms with E-state index in [4.69, 9.17) is 0 Å². The van der Waals surface area contributed by atoms with Crippen LogP contribution in [-0.2, 0) is 0 Å². The summed E-state index contributed by atoms with van der Waals surface area (Å²) in [6.45, 7) is 0. The molecule has 0 aromatic heterocycles. The zero-order valence-electron chi connectivity index (χ0n) is 9.74. The van der Waals surface area contributed by atoms with E-state index in [1.807, 2.05) is 0 Å². The van der Waals surface area contributed by atoms with Crippen molar-refractivity contribution in [2.75, 3.05) is 35.2 Å². The third-order valence-corrected chi connectivity index (χ3v) is 7.50. The first kappa shape index (κ1) is 13.9. The molecule has 5 nitrogen and oxygen atoms in total. The van der Waals surface area contributed by atoms with Gasteiger partial charge in [0, 0.05) is 0 Å². The van der Waals surface area contributed by atoms with E-state index in [0.717, 1.165) is 49.2 Å². The molecule has 0 saturated carbocycles. The van der Waals surface area contributed by atoms with Crippen LogP contribution in [0.2, 0.25) is 0 Å². The van der Waals surface area contributed by atoms with Crippen LogP contribution in [0, 0.1) is 0 Å². The van der Waals surface area contributed by atoms with Crippen molar-refractivity contribution < 1.29 is 0 Å². The molecule has 1 fully saturated rings. The van der Waals surface area contributed by atoms with Crippen LogP contribution < -0.4 is 0 Å². The fourth-order valence-electron chi connectivity index (χ4n) is 1.24. The quantitative estimate of drug-likeness (QED) is 0.450. The maximum absolute atomic E-state index is 2.40. The molecule has 15 heavy (non-hydrogen) atoms. The largest absolute Gasteiger partial charge is 0.326 e. The van der Waals surface area contributed by atoms with Gasteiger partial charge in [-0.2, -0.15) is 0 Å². The second-order valence-electron chi connectivity index (χ2n) is 3.30. The van der Waals surface area contributed by atoms with Crippen LogP contribution >= 0.6 is 0 Å². The van der Waals surface area contributed by atoms with Gasteiger partial charge in [-0.1, -0.05) is 0 Å². The van der Waals surface area contributed by atoms with Gasteiger partial charge in [0.2, 0.25) is 49.2 Å². The number of rotatable bonds is 0. The van der Waals surface area contributed by atoms with E-state index in [2.05, 4.69) is 56.4 Å². The number of hydrogen-bond donors (Lipinski definition) is 0. The molecule has 0 N–H and O–H groups in total. The summed E-state index contributed by atoms with van der Waals surface area (Å²) in [5.74, 6) is 0. The van der Waals surface area contributed by atoms with Gasteiger partial charge in [0.25, 0.3) is 0 Å². The lowest BCUT2D eigenvalue weighted by molar-refractivity contribution is 0.600. The molecule has 1 saturated heterocycles. The lowest BCUT2D eigenvalue weighted by Gasteiger charge is -2.32. The summed E-state index contributed by atoms with van der Waals surface area (Å²) in [5.41, 5.74) is 0. The van der Waals surface area contributed by atoms with Crippen LogP contribution in [-0.4, -0.2) is 106 Å². The van der Waals surface area contributed by atoms with Gasteiger partial charge in [0.15, 0.2) is 0 Å². The average Bonchev–Trinajstić information content (AvgIpc) is 1.98. The Morgan fingerprint density at radius 1 is 0.400 bits per heavy atom. The Morgan fingerprint density at radius 2 is 0.533 bits per heavy atom. The van der Waals surface area contributed by atoms with Crippen molar-refractivity contribution >= 4 is 49.2 Å². The van der Waals surface area contributed by atoms with Gasteiger partial charge in [-0.25, -0.2) is 0 Å². The Balaban J connectivity index is 2.55. The Morgan fingerprint density at radius 3 is 0.667 bits per heavy atom. The highest BCUT2D eigenvalue weighted by atomic mass is 28.4. The molecule has 0 bridgehead atoms. The molecule has 1 heterocycles. The fraction of sp³-hybridized carbons (Fsp3) is 1.00. The molecule has 0 aromatic carbocycles. The lowest BCUT2D eigenvalue weighted by atomic mass is 11.6. The standard InChI is InChI=1S/C5H15N5Si5/c1-6-11-7(2)13-9(4)15-10(5)14-8(3)12-6/h1-5H3. The monoisotopic (exact) mass is 285 g/mol. The highest BCUT2D eigenvalue weighted by Crippen LogP contribution is 1.92. The van der Waals surface area contributed by atoms with Gasteiger partial charge in [0.1, 0.15) is 0 Å². The molecule has 0 amide bonds. The summed E-state index contributed by atoms with van der Waals surface area (Å²) in [6, 6.07) is 0. The smallest absolute Gasteiger partial charge is 0.237 e. The average molecular weight is 286 g/mol. The van der Waals surface area contributed by atoms with Crippen LogP contribution in [0.15, 0.2) is 0 Å². The molecule has 0 spiro atoms. The van der Waals surface area contributed by atoms with E-state index in [9.17, 15) is 0 Å². The molecule has 10 heteroatoms. The van der Waals surface area contributed by atoms with Crippen molar-refractivity contribution in [3.05, 3.63) is 0 Å². The van der Waals surface area contributed by atoms with E-state index >= 15 is 0 Å². The third kappa shape index (κ3) is 5.67. The third-order valence-electron chi connectivity index (χ3n) is 1.50. The normalized spacial score (nSPS) is 27.0. The minimum Gasteiger partial charge on any atom is -0.326 e. The molecule has 1 aliphatic heterocycles. The fourth-order valence-corrected chi connectivity index (χ4v) is 10.4. The Hall–Kier alpha value is 0.884. The van der Waals surface area contributed by atoms with Gasteiger partial charge in [-0.05, 0) is 35.2 Å². The van der Waals surface area contributed by atoms with Gasteiger partial charge in [-0.3, -0.25) is 0 Å². The van der Waals surface area contributed by atoms with Crippen LogP contribution in [0.5, 0.6) is 0 Å². The molecular weight excluding hydrogens is 271 g/mol.